The first-order valence-corrected chi connectivity index (χ1v) is 8.46. The smallest absolute Gasteiger partial charge is 0.244 e. The second kappa shape index (κ2) is 6.13. The van der Waals surface area contributed by atoms with Crippen molar-refractivity contribution < 1.29 is 9.18 Å². The van der Waals surface area contributed by atoms with E-state index < -0.39 is 0 Å². The van der Waals surface area contributed by atoms with E-state index in [1.807, 2.05) is 6.92 Å². The highest BCUT2D eigenvalue weighted by atomic mass is 32.2. The normalized spacial score (nSPS) is 17.9. The van der Waals surface area contributed by atoms with E-state index in [4.69, 9.17) is 0 Å². The van der Waals surface area contributed by atoms with Crippen molar-refractivity contribution in [1.82, 2.24) is 10.3 Å². The molecule has 1 unspecified atom stereocenters. The molecule has 1 aromatic heterocycles. The van der Waals surface area contributed by atoms with Gasteiger partial charge in [-0.2, -0.15) is 0 Å². The molecule has 110 valence electrons. The number of thiazole rings is 1. The van der Waals surface area contributed by atoms with Crippen LogP contribution in [0.25, 0.3) is 11.3 Å². The lowest BCUT2D eigenvalue weighted by Crippen LogP contribution is -2.37. The van der Waals surface area contributed by atoms with Crippen LogP contribution < -0.4 is 10.6 Å². The third-order valence-electron chi connectivity index (χ3n) is 3.18. The molecule has 0 spiro atoms. The van der Waals surface area contributed by atoms with E-state index in [0.29, 0.717) is 5.13 Å². The summed E-state index contributed by atoms with van der Waals surface area (Å²) in [6.45, 7) is 1.94. The van der Waals surface area contributed by atoms with Gasteiger partial charge in [0.2, 0.25) is 5.91 Å². The molecule has 1 aliphatic heterocycles. The molecular formula is C14H14FN3OS2. The summed E-state index contributed by atoms with van der Waals surface area (Å²) in [5.41, 5.74) is 1.63. The van der Waals surface area contributed by atoms with Crippen LogP contribution in [0.15, 0.2) is 24.3 Å². The van der Waals surface area contributed by atoms with E-state index in [-0.39, 0.29) is 17.8 Å². The van der Waals surface area contributed by atoms with Crippen LogP contribution >= 0.6 is 23.1 Å². The molecule has 0 aliphatic carbocycles. The predicted octanol–water partition coefficient (Wildman–Crippen LogP) is 2.86. The summed E-state index contributed by atoms with van der Waals surface area (Å²) in [5, 5.41) is 6.55. The first kappa shape index (κ1) is 14.5. The average Bonchev–Trinajstić information content (AvgIpc) is 3.10. The highest BCUT2D eigenvalue weighted by molar-refractivity contribution is 7.99. The number of nitrogens with one attached hydrogen (secondary N) is 2. The number of aryl methyl sites for hydroxylation is 1. The Morgan fingerprint density at radius 1 is 1.43 bits per heavy atom. The van der Waals surface area contributed by atoms with Gasteiger partial charge in [-0.1, -0.05) is 0 Å². The zero-order valence-corrected chi connectivity index (χ0v) is 13.0. The van der Waals surface area contributed by atoms with Gasteiger partial charge in [-0.3, -0.25) is 10.1 Å². The summed E-state index contributed by atoms with van der Waals surface area (Å²) in [4.78, 5) is 17.5. The van der Waals surface area contributed by atoms with Crippen molar-refractivity contribution in [3.05, 3.63) is 35.0 Å². The molecule has 1 fully saturated rings. The highest BCUT2D eigenvalue weighted by Gasteiger charge is 2.23. The van der Waals surface area contributed by atoms with Crippen LogP contribution in [-0.4, -0.2) is 28.6 Å². The molecule has 0 saturated carbocycles. The number of aromatic nitrogens is 1. The molecule has 4 nitrogen and oxygen atoms in total. The van der Waals surface area contributed by atoms with Gasteiger partial charge in [0.15, 0.2) is 5.13 Å². The molecule has 1 amide bonds. The van der Waals surface area contributed by atoms with Crippen molar-refractivity contribution in [2.75, 3.05) is 16.9 Å². The Bertz CT molecular complexity index is 651. The lowest BCUT2D eigenvalue weighted by Gasteiger charge is -2.07. The topological polar surface area (TPSA) is 54.0 Å². The van der Waals surface area contributed by atoms with Crippen LogP contribution in [0.2, 0.25) is 0 Å². The zero-order valence-electron chi connectivity index (χ0n) is 11.4. The van der Waals surface area contributed by atoms with Crippen LogP contribution in [0.5, 0.6) is 0 Å². The number of hydrogen-bond donors (Lipinski definition) is 2. The fourth-order valence-corrected chi connectivity index (χ4v) is 3.86. The minimum atomic E-state index is -0.273. The van der Waals surface area contributed by atoms with Crippen LogP contribution in [0, 0.1) is 12.7 Å². The molecule has 21 heavy (non-hydrogen) atoms. The summed E-state index contributed by atoms with van der Waals surface area (Å²) < 4.78 is 13.0. The Labute approximate surface area is 130 Å². The minimum absolute atomic E-state index is 0.0561. The number of anilines is 1. The summed E-state index contributed by atoms with van der Waals surface area (Å²) in [5.74, 6) is 1.25. The van der Waals surface area contributed by atoms with Crippen molar-refractivity contribution in [3.63, 3.8) is 0 Å². The highest BCUT2D eigenvalue weighted by Crippen LogP contribution is 2.30. The second-order valence-corrected chi connectivity index (χ2v) is 6.93. The molecule has 7 heteroatoms. The number of amides is 1. The number of carbonyl (C=O) groups is 1. The first-order chi connectivity index (χ1) is 10.1. The van der Waals surface area contributed by atoms with E-state index in [2.05, 4.69) is 15.6 Å². The lowest BCUT2D eigenvalue weighted by molar-refractivity contribution is -0.117. The molecule has 1 aromatic carbocycles. The molecular weight excluding hydrogens is 309 g/mol. The van der Waals surface area contributed by atoms with Crippen molar-refractivity contribution in [2.45, 2.75) is 13.0 Å². The fraction of sp³-hybridized carbons (Fsp3) is 0.286. The summed E-state index contributed by atoms with van der Waals surface area (Å²) >= 11 is 3.13. The maximum atomic E-state index is 13.0. The van der Waals surface area contributed by atoms with Crippen molar-refractivity contribution in [3.8, 4) is 11.3 Å². The zero-order chi connectivity index (χ0) is 14.8. The van der Waals surface area contributed by atoms with E-state index in [9.17, 15) is 9.18 Å². The molecule has 2 aromatic rings. The summed E-state index contributed by atoms with van der Waals surface area (Å²) in [6, 6.07) is 6.04. The summed E-state index contributed by atoms with van der Waals surface area (Å²) in [6.07, 6.45) is 0. The second-order valence-electron chi connectivity index (χ2n) is 4.69. The van der Waals surface area contributed by atoms with Gasteiger partial charge in [-0.15, -0.1) is 23.1 Å². The SMILES string of the molecule is Cc1sc(NC(=O)C2CSCN2)nc1-c1ccc(F)cc1. The van der Waals surface area contributed by atoms with Crippen LogP contribution in [0.3, 0.4) is 0 Å². The standard InChI is InChI=1S/C14H14FN3OS2/c1-8-12(9-2-4-10(15)5-3-9)17-14(21-8)18-13(19)11-6-20-7-16-11/h2-5,11,16H,6-7H2,1H3,(H,17,18,19). The van der Waals surface area contributed by atoms with E-state index >= 15 is 0 Å². The molecule has 2 heterocycles. The monoisotopic (exact) mass is 323 g/mol. The number of nitrogens with zero attached hydrogens (tertiary/aromatic N) is 1. The average molecular weight is 323 g/mol. The Morgan fingerprint density at radius 3 is 2.86 bits per heavy atom. The molecule has 1 saturated heterocycles. The van der Waals surface area contributed by atoms with Crippen LogP contribution in [0.1, 0.15) is 4.88 Å². The largest absolute Gasteiger partial charge is 0.301 e. The Kier molecular flexibility index (Phi) is 4.23. The van der Waals surface area contributed by atoms with Crippen molar-refractivity contribution in [1.29, 1.82) is 0 Å². The van der Waals surface area contributed by atoms with E-state index in [1.165, 1.54) is 23.5 Å². The fourth-order valence-electron chi connectivity index (χ4n) is 2.08. The van der Waals surface area contributed by atoms with Crippen molar-refractivity contribution in [2.24, 2.45) is 0 Å². The number of carbonyl (C=O) groups excluding carboxylic acids is 1. The lowest BCUT2D eigenvalue weighted by atomic mass is 10.1. The first-order valence-electron chi connectivity index (χ1n) is 6.49. The number of thioether (sulfide) groups is 1. The van der Waals surface area contributed by atoms with Gasteiger partial charge in [-0.05, 0) is 31.2 Å². The third kappa shape index (κ3) is 3.25. The quantitative estimate of drug-likeness (QED) is 0.912. The molecule has 0 bridgehead atoms. The minimum Gasteiger partial charge on any atom is -0.301 e. The number of hydrogen-bond acceptors (Lipinski definition) is 5. The Balaban J connectivity index is 1.77. The Hall–Kier alpha value is -1.44. The molecule has 0 radical (unpaired) electrons. The van der Waals surface area contributed by atoms with Gasteiger partial charge in [0.05, 0.1) is 11.7 Å². The van der Waals surface area contributed by atoms with Crippen molar-refractivity contribution >= 4 is 34.1 Å². The molecule has 3 rings (SSSR count). The number of halogens is 1. The maximum Gasteiger partial charge on any atom is 0.244 e. The van der Waals surface area contributed by atoms with Crippen LogP contribution in [-0.2, 0) is 4.79 Å². The van der Waals surface area contributed by atoms with E-state index in [1.54, 1.807) is 23.9 Å². The van der Waals surface area contributed by atoms with Gasteiger partial charge >= 0.3 is 0 Å². The third-order valence-corrected chi connectivity index (χ3v) is 5.00. The number of rotatable bonds is 3. The molecule has 2 N–H and O–H groups in total. The van der Waals surface area contributed by atoms with E-state index in [0.717, 1.165) is 27.8 Å². The summed E-state index contributed by atoms with van der Waals surface area (Å²) in [7, 11) is 0. The van der Waals surface area contributed by atoms with Gasteiger partial charge in [-0.25, -0.2) is 9.37 Å². The number of benzene rings is 1. The predicted molar refractivity (Wildman–Crippen MR) is 85.1 cm³/mol. The molecule has 1 aliphatic rings. The van der Waals surface area contributed by atoms with Crippen LogP contribution in [0.4, 0.5) is 9.52 Å². The van der Waals surface area contributed by atoms with Gasteiger partial charge in [0, 0.05) is 22.1 Å². The van der Waals surface area contributed by atoms with Gasteiger partial charge in [0.25, 0.3) is 0 Å². The van der Waals surface area contributed by atoms with Gasteiger partial charge < -0.3 is 5.32 Å². The Morgan fingerprint density at radius 2 is 2.19 bits per heavy atom. The molecule has 1 atom stereocenters. The van der Waals surface area contributed by atoms with Gasteiger partial charge in [0.1, 0.15) is 5.82 Å². The maximum absolute atomic E-state index is 13.0.